The van der Waals surface area contributed by atoms with Gasteiger partial charge in [-0.05, 0) is 76.3 Å². The summed E-state index contributed by atoms with van der Waals surface area (Å²) >= 11 is 9.95. The second kappa shape index (κ2) is 16.3. The summed E-state index contributed by atoms with van der Waals surface area (Å²) in [6.07, 6.45) is 0.212. The van der Waals surface area contributed by atoms with E-state index in [1.807, 2.05) is 51.1 Å². The molecule has 248 valence electrons. The Morgan fingerprint density at radius 1 is 0.936 bits per heavy atom. The molecule has 8 nitrogen and oxygen atoms in total. The maximum Gasteiger partial charge on any atom is 0.264 e. The van der Waals surface area contributed by atoms with Gasteiger partial charge >= 0.3 is 0 Å². The standard InChI is InChI=1S/C36H39BrClN3O5S/c1-25(2)22-39-36(43)33(20-27-10-6-5-7-11-27)40(23-28-12-8-9-13-32(28)38)35(42)24-41(29-16-14-26(3)15-17-29)47(44,45)30-18-19-34(46-4)31(37)21-30/h5-19,21,25,33H,20,22-24H2,1-4H3,(H,39,43)/t33-/m1/s1. The molecule has 0 radical (unpaired) electrons. The summed E-state index contributed by atoms with van der Waals surface area (Å²) in [5, 5.41) is 3.42. The fourth-order valence-corrected chi connectivity index (χ4v) is 7.29. The van der Waals surface area contributed by atoms with Crippen LogP contribution < -0.4 is 14.4 Å². The number of benzene rings is 4. The lowest BCUT2D eigenvalue weighted by Crippen LogP contribution is -2.53. The number of amides is 2. The van der Waals surface area contributed by atoms with Crippen molar-refractivity contribution in [3.8, 4) is 5.75 Å². The summed E-state index contributed by atoms with van der Waals surface area (Å²) in [4.78, 5) is 29.9. The second-order valence-corrected chi connectivity index (χ2v) is 14.7. The van der Waals surface area contributed by atoms with Crippen molar-refractivity contribution in [3.05, 3.63) is 123 Å². The molecule has 0 aliphatic heterocycles. The predicted octanol–water partition coefficient (Wildman–Crippen LogP) is 7.03. The summed E-state index contributed by atoms with van der Waals surface area (Å²) in [5.74, 6) is -0.270. The lowest BCUT2D eigenvalue weighted by Gasteiger charge is -2.34. The first-order valence-corrected chi connectivity index (χ1v) is 17.8. The third-order valence-electron chi connectivity index (χ3n) is 7.57. The minimum absolute atomic E-state index is 0.0129. The van der Waals surface area contributed by atoms with E-state index in [1.165, 1.54) is 24.1 Å². The zero-order chi connectivity index (χ0) is 34.1. The number of rotatable bonds is 14. The van der Waals surface area contributed by atoms with Crippen molar-refractivity contribution < 1.29 is 22.7 Å². The normalized spacial score (nSPS) is 12.0. The van der Waals surface area contributed by atoms with Crippen molar-refractivity contribution in [1.82, 2.24) is 10.2 Å². The number of hydrogen-bond donors (Lipinski definition) is 1. The number of sulfonamides is 1. The van der Waals surface area contributed by atoms with Crippen molar-refractivity contribution in [3.63, 3.8) is 0 Å². The highest BCUT2D eigenvalue weighted by atomic mass is 79.9. The average Bonchev–Trinajstić information content (AvgIpc) is 3.05. The van der Waals surface area contributed by atoms with Crippen molar-refractivity contribution >= 4 is 55.1 Å². The Labute approximate surface area is 290 Å². The number of nitrogens with one attached hydrogen (secondary N) is 1. The van der Waals surface area contributed by atoms with Gasteiger partial charge in [-0.2, -0.15) is 0 Å². The van der Waals surface area contributed by atoms with Gasteiger partial charge < -0.3 is 15.0 Å². The molecule has 0 unspecified atom stereocenters. The molecule has 0 bridgehead atoms. The Kier molecular flexibility index (Phi) is 12.5. The van der Waals surface area contributed by atoms with E-state index in [0.29, 0.717) is 33.0 Å². The van der Waals surface area contributed by atoms with E-state index in [1.54, 1.807) is 54.6 Å². The van der Waals surface area contributed by atoms with Crippen LogP contribution >= 0.6 is 27.5 Å². The molecule has 0 aromatic heterocycles. The first kappa shape index (κ1) is 36.0. The Morgan fingerprint density at radius 2 is 1.60 bits per heavy atom. The summed E-state index contributed by atoms with van der Waals surface area (Å²) < 4.78 is 35.4. The van der Waals surface area contributed by atoms with Gasteiger partial charge in [-0.1, -0.05) is 91.7 Å². The summed E-state index contributed by atoms with van der Waals surface area (Å²) in [5.41, 5.74) is 2.70. The summed E-state index contributed by atoms with van der Waals surface area (Å²) in [7, 11) is -2.79. The van der Waals surface area contributed by atoms with Crippen LogP contribution in [0.1, 0.15) is 30.5 Å². The minimum Gasteiger partial charge on any atom is -0.496 e. The number of carbonyl (C=O) groups excluding carboxylic acids is 2. The van der Waals surface area contributed by atoms with E-state index >= 15 is 0 Å². The molecule has 4 aromatic carbocycles. The summed E-state index contributed by atoms with van der Waals surface area (Å²) in [6.45, 7) is 5.70. The maximum atomic E-state index is 14.6. The highest BCUT2D eigenvalue weighted by Gasteiger charge is 2.35. The molecule has 4 rings (SSSR count). The Balaban J connectivity index is 1.82. The second-order valence-electron chi connectivity index (χ2n) is 11.6. The largest absolute Gasteiger partial charge is 0.496 e. The van der Waals surface area contributed by atoms with Gasteiger partial charge in [0.25, 0.3) is 10.0 Å². The number of anilines is 1. The zero-order valence-corrected chi connectivity index (χ0v) is 30.0. The lowest BCUT2D eigenvalue weighted by atomic mass is 10.0. The van der Waals surface area contributed by atoms with Crippen LogP contribution in [0.2, 0.25) is 5.02 Å². The zero-order valence-electron chi connectivity index (χ0n) is 26.8. The van der Waals surface area contributed by atoms with Gasteiger partial charge in [-0.15, -0.1) is 0 Å². The van der Waals surface area contributed by atoms with Gasteiger partial charge in [0.2, 0.25) is 11.8 Å². The van der Waals surface area contributed by atoms with Crippen molar-refractivity contribution in [2.24, 2.45) is 5.92 Å². The molecule has 0 spiro atoms. The number of methoxy groups -OCH3 is 1. The van der Waals surface area contributed by atoms with Crippen LogP contribution in [-0.4, -0.2) is 51.4 Å². The summed E-state index contributed by atoms with van der Waals surface area (Å²) in [6, 6.07) is 26.9. The first-order valence-electron chi connectivity index (χ1n) is 15.2. The minimum atomic E-state index is -4.28. The highest BCUT2D eigenvalue weighted by molar-refractivity contribution is 9.10. The van der Waals surface area contributed by atoms with Crippen molar-refractivity contribution in [1.29, 1.82) is 0 Å². The molecular formula is C36H39BrClN3O5S. The lowest BCUT2D eigenvalue weighted by molar-refractivity contribution is -0.140. The van der Waals surface area contributed by atoms with E-state index in [-0.39, 0.29) is 29.7 Å². The van der Waals surface area contributed by atoms with Crippen molar-refractivity contribution in [2.45, 2.75) is 44.7 Å². The van der Waals surface area contributed by atoms with Gasteiger partial charge in [0.05, 0.1) is 22.2 Å². The molecule has 47 heavy (non-hydrogen) atoms. The molecule has 0 aliphatic carbocycles. The van der Waals surface area contributed by atoms with Crippen molar-refractivity contribution in [2.75, 3.05) is 24.5 Å². The maximum absolute atomic E-state index is 14.6. The molecule has 1 atom stereocenters. The SMILES string of the molecule is COc1ccc(S(=O)(=O)N(CC(=O)N(Cc2ccccc2Cl)[C@H](Cc2ccccc2)C(=O)NCC(C)C)c2ccc(C)cc2)cc1Br. The highest BCUT2D eigenvalue weighted by Crippen LogP contribution is 2.31. The molecule has 11 heteroatoms. The van der Waals surface area contributed by atoms with Gasteiger partial charge in [0, 0.05) is 24.5 Å². The van der Waals surface area contributed by atoms with Crippen LogP contribution in [0.25, 0.3) is 0 Å². The molecule has 2 amide bonds. The van der Waals surface area contributed by atoms with Crippen LogP contribution in [0.5, 0.6) is 5.75 Å². The molecule has 0 heterocycles. The van der Waals surface area contributed by atoms with Gasteiger partial charge in [0.1, 0.15) is 18.3 Å². The molecule has 0 aliphatic rings. The fraction of sp³-hybridized carbons (Fsp3) is 0.278. The molecule has 1 N–H and O–H groups in total. The van der Waals surface area contributed by atoms with E-state index in [9.17, 15) is 18.0 Å². The molecule has 0 saturated heterocycles. The number of nitrogens with zero attached hydrogens (tertiary/aromatic N) is 2. The number of carbonyl (C=O) groups is 2. The fourth-order valence-electron chi connectivity index (χ4n) is 4.96. The van der Waals surface area contributed by atoms with Crippen LogP contribution in [0.4, 0.5) is 5.69 Å². The molecule has 4 aromatic rings. The van der Waals surface area contributed by atoms with Crippen LogP contribution in [-0.2, 0) is 32.6 Å². The molecular weight excluding hydrogens is 702 g/mol. The Morgan fingerprint density at radius 3 is 2.21 bits per heavy atom. The third-order valence-corrected chi connectivity index (χ3v) is 10.3. The number of aryl methyl sites for hydroxylation is 1. The van der Waals surface area contributed by atoms with Crippen LogP contribution in [0.15, 0.2) is 106 Å². The number of ether oxygens (including phenoxy) is 1. The Hall–Kier alpha value is -3.86. The third kappa shape index (κ3) is 9.37. The topological polar surface area (TPSA) is 96.0 Å². The number of halogens is 2. The van der Waals surface area contributed by atoms with E-state index in [4.69, 9.17) is 16.3 Å². The molecule has 0 saturated carbocycles. The van der Waals surface area contributed by atoms with Crippen LogP contribution in [0.3, 0.4) is 0 Å². The predicted molar refractivity (Wildman–Crippen MR) is 190 cm³/mol. The van der Waals surface area contributed by atoms with E-state index in [0.717, 1.165) is 15.4 Å². The smallest absolute Gasteiger partial charge is 0.264 e. The van der Waals surface area contributed by atoms with E-state index < -0.39 is 28.5 Å². The monoisotopic (exact) mass is 739 g/mol. The molecule has 0 fully saturated rings. The van der Waals surface area contributed by atoms with E-state index in [2.05, 4.69) is 21.2 Å². The van der Waals surface area contributed by atoms with Crippen LogP contribution in [0, 0.1) is 12.8 Å². The van der Waals surface area contributed by atoms with Gasteiger partial charge in [0.15, 0.2) is 0 Å². The number of hydrogen-bond acceptors (Lipinski definition) is 5. The average molecular weight is 741 g/mol. The van der Waals surface area contributed by atoms with Gasteiger partial charge in [-0.25, -0.2) is 8.42 Å². The Bertz CT molecular complexity index is 1790. The quantitative estimate of drug-likeness (QED) is 0.150. The first-order chi connectivity index (χ1) is 22.4. The van der Waals surface area contributed by atoms with Gasteiger partial charge in [-0.3, -0.25) is 13.9 Å².